The second-order valence-electron chi connectivity index (χ2n) is 8.24. The molecule has 3 aromatic rings. The maximum absolute atomic E-state index is 13.6. The molecule has 0 saturated heterocycles. The summed E-state index contributed by atoms with van der Waals surface area (Å²) in [7, 11) is -2.13. The van der Waals surface area contributed by atoms with Crippen LogP contribution in [-0.4, -0.2) is 26.4 Å². The zero-order valence-electron chi connectivity index (χ0n) is 18.3. The van der Waals surface area contributed by atoms with E-state index in [4.69, 9.17) is 11.6 Å². The number of nitrogens with one attached hydrogen (secondary N) is 2. The second-order valence-corrected chi connectivity index (χ2v) is 10.6. The van der Waals surface area contributed by atoms with E-state index in [1.165, 1.54) is 19.2 Å². The fraction of sp³-hybridized carbons (Fsp3) is 0.280. The lowest BCUT2D eigenvalue weighted by molar-refractivity contribution is -0.122. The van der Waals surface area contributed by atoms with Crippen molar-refractivity contribution in [1.82, 2.24) is 9.71 Å². The van der Waals surface area contributed by atoms with Crippen molar-refractivity contribution in [2.45, 2.75) is 42.4 Å². The number of halogens is 1. The van der Waals surface area contributed by atoms with Gasteiger partial charge in [0, 0.05) is 13.4 Å². The summed E-state index contributed by atoms with van der Waals surface area (Å²) in [4.78, 5) is 18.3. The van der Waals surface area contributed by atoms with Crippen LogP contribution >= 0.6 is 11.6 Å². The summed E-state index contributed by atoms with van der Waals surface area (Å²) in [5.74, 6) is 0.396. The van der Waals surface area contributed by atoms with Crippen molar-refractivity contribution >= 4 is 33.3 Å². The third-order valence-electron chi connectivity index (χ3n) is 6.26. The normalized spacial score (nSPS) is 15.7. The molecule has 1 fully saturated rings. The molecule has 176 valence electrons. The van der Waals surface area contributed by atoms with Gasteiger partial charge < -0.3 is 5.32 Å². The first-order valence-electron chi connectivity index (χ1n) is 10.9. The molecule has 1 aliphatic rings. The Morgan fingerprint density at radius 2 is 1.64 bits per heavy atom. The number of pyridine rings is 1. The van der Waals surface area contributed by atoms with E-state index < -0.39 is 15.4 Å². The van der Waals surface area contributed by atoms with Crippen LogP contribution < -0.4 is 10.0 Å². The summed E-state index contributed by atoms with van der Waals surface area (Å²) in [5, 5.41) is 3.68. The number of anilines is 1. The van der Waals surface area contributed by atoms with Crippen molar-refractivity contribution in [3.8, 4) is 11.3 Å². The molecule has 4 rings (SSSR count). The van der Waals surface area contributed by atoms with Gasteiger partial charge in [0.05, 0.1) is 16.0 Å². The molecule has 1 saturated carbocycles. The third kappa shape index (κ3) is 4.95. The maximum Gasteiger partial charge on any atom is 0.240 e. The summed E-state index contributed by atoms with van der Waals surface area (Å²) in [6.07, 6.45) is 4.66. The summed E-state index contributed by atoms with van der Waals surface area (Å²) >= 11 is 6.08. The molecule has 0 spiro atoms. The smallest absolute Gasteiger partial charge is 0.240 e. The van der Waals surface area contributed by atoms with E-state index >= 15 is 0 Å². The van der Waals surface area contributed by atoms with Crippen LogP contribution in [-0.2, 0) is 20.2 Å². The largest absolute Gasteiger partial charge is 0.310 e. The molecule has 1 heterocycles. The zero-order valence-corrected chi connectivity index (χ0v) is 19.9. The Hall–Kier alpha value is -2.74. The average molecular weight is 488 g/mol. The Morgan fingerprint density at radius 1 is 0.970 bits per heavy atom. The van der Waals surface area contributed by atoms with E-state index in [0.717, 1.165) is 43.2 Å². The van der Waals surface area contributed by atoms with Gasteiger partial charge in [0.15, 0.2) is 0 Å². The van der Waals surface area contributed by atoms with Gasteiger partial charge in [0.2, 0.25) is 15.9 Å². The molecule has 33 heavy (non-hydrogen) atoms. The third-order valence-corrected chi connectivity index (χ3v) is 7.94. The fourth-order valence-corrected chi connectivity index (χ4v) is 5.25. The minimum absolute atomic E-state index is 0. The number of hydrogen-bond acceptors (Lipinski definition) is 4. The van der Waals surface area contributed by atoms with Gasteiger partial charge in [-0.2, -0.15) is 0 Å². The minimum atomic E-state index is -3.51. The van der Waals surface area contributed by atoms with Gasteiger partial charge in [0.25, 0.3) is 0 Å². The number of rotatable bonds is 6. The van der Waals surface area contributed by atoms with Crippen molar-refractivity contribution in [3.63, 3.8) is 0 Å². The van der Waals surface area contributed by atoms with E-state index in [9.17, 15) is 13.2 Å². The predicted octanol–water partition coefficient (Wildman–Crippen LogP) is 5.64. The number of nitrogens with zero attached hydrogens (tertiary/aromatic N) is 1. The highest BCUT2D eigenvalue weighted by Crippen LogP contribution is 2.41. The Labute approximate surface area is 202 Å². The molecule has 1 aromatic heterocycles. The molecular formula is C25H30ClN3O3S. The molecule has 0 atom stereocenters. The fourth-order valence-electron chi connectivity index (χ4n) is 4.39. The van der Waals surface area contributed by atoms with Gasteiger partial charge in [-0.25, -0.2) is 18.1 Å². The SMILES string of the molecule is CNS(=O)(=O)c1ccc(-c2cccc(NC(=O)C3(c4ccc(Cl)cc4)CCCCC3)n2)cc1.[HH].[HH]. The monoisotopic (exact) mass is 487 g/mol. The minimum Gasteiger partial charge on any atom is -0.310 e. The van der Waals surface area contributed by atoms with Gasteiger partial charge in [-0.3, -0.25) is 4.79 Å². The summed E-state index contributed by atoms with van der Waals surface area (Å²) in [6.45, 7) is 0. The summed E-state index contributed by atoms with van der Waals surface area (Å²) in [5.41, 5.74) is 1.77. The molecule has 1 aliphatic carbocycles. The highest BCUT2D eigenvalue weighted by Gasteiger charge is 2.41. The number of amides is 1. The molecule has 1 amide bonds. The number of aromatic nitrogens is 1. The van der Waals surface area contributed by atoms with E-state index in [-0.39, 0.29) is 13.7 Å². The van der Waals surface area contributed by atoms with Crippen LogP contribution in [0.3, 0.4) is 0 Å². The van der Waals surface area contributed by atoms with E-state index in [0.29, 0.717) is 16.5 Å². The molecule has 6 nitrogen and oxygen atoms in total. The number of carbonyl (C=O) groups is 1. The molecule has 2 N–H and O–H groups in total. The Bertz CT molecular complexity index is 1250. The van der Waals surface area contributed by atoms with Gasteiger partial charge >= 0.3 is 0 Å². The van der Waals surface area contributed by atoms with Gasteiger partial charge in [0.1, 0.15) is 5.82 Å². The molecule has 0 aliphatic heterocycles. The van der Waals surface area contributed by atoms with Crippen molar-refractivity contribution in [1.29, 1.82) is 0 Å². The van der Waals surface area contributed by atoms with Crippen LogP contribution in [0.15, 0.2) is 71.6 Å². The van der Waals surface area contributed by atoms with E-state index in [1.54, 1.807) is 18.2 Å². The number of sulfonamides is 1. The van der Waals surface area contributed by atoms with Gasteiger partial charge in [-0.15, -0.1) is 0 Å². The first kappa shape index (κ1) is 23.4. The summed E-state index contributed by atoms with van der Waals surface area (Å²) < 4.78 is 26.2. The number of carbonyl (C=O) groups excluding carboxylic acids is 1. The quantitative estimate of drug-likeness (QED) is 0.470. The standard InChI is InChI=1S/C25H26ClN3O3S.2H2/c1-27-33(31,32)21-14-8-18(9-15-21)22-6-5-7-23(28-22)29-24(30)25(16-3-2-4-17-25)19-10-12-20(26)13-11-19;;/h5-15,27H,2-4,16-17H2,1H3,(H,28,29,30);2*1H. The zero-order chi connectivity index (χ0) is 23.5. The molecule has 8 heteroatoms. The Balaban J connectivity index is 0.00000216. The number of benzene rings is 2. The van der Waals surface area contributed by atoms with Crippen molar-refractivity contribution in [3.05, 3.63) is 77.3 Å². The van der Waals surface area contributed by atoms with Crippen LogP contribution in [0.4, 0.5) is 5.82 Å². The van der Waals surface area contributed by atoms with Crippen molar-refractivity contribution in [2.75, 3.05) is 12.4 Å². The van der Waals surface area contributed by atoms with E-state index in [2.05, 4.69) is 15.0 Å². The van der Waals surface area contributed by atoms with Gasteiger partial charge in [-0.05, 0) is 61.9 Å². The average Bonchev–Trinajstić information content (AvgIpc) is 2.85. The van der Waals surface area contributed by atoms with Crippen LogP contribution in [0, 0.1) is 0 Å². The van der Waals surface area contributed by atoms with Crippen LogP contribution in [0.1, 0.15) is 40.5 Å². The first-order valence-corrected chi connectivity index (χ1v) is 12.8. The highest BCUT2D eigenvalue weighted by molar-refractivity contribution is 7.89. The number of hydrogen-bond donors (Lipinski definition) is 2. The van der Waals surface area contributed by atoms with Crippen molar-refractivity contribution < 1.29 is 16.1 Å². The molecule has 0 bridgehead atoms. The molecule has 0 radical (unpaired) electrons. The predicted molar refractivity (Wildman–Crippen MR) is 135 cm³/mol. The van der Waals surface area contributed by atoms with Crippen LogP contribution in [0.5, 0.6) is 0 Å². The Kier molecular flexibility index (Phi) is 6.83. The first-order chi connectivity index (χ1) is 15.8. The Morgan fingerprint density at radius 3 is 2.27 bits per heavy atom. The lowest BCUT2D eigenvalue weighted by Crippen LogP contribution is -2.42. The molecular weight excluding hydrogens is 458 g/mol. The van der Waals surface area contributed by atoms with Crippen LogP contribution in [0.2, 0.25) is 5.02 Å². The lowest BCUT2D eigenvalue weighted by Gasteiger charge is -2.36. The second kappa shape index (κ2) is 9.63. The maximum atomic E-state index is 13.6. The topological polar surface area (TPSA) is 88.2 Å². The van der Waals surface area contributed by atoms with Gasteiger partial charge in [-0.1, -0.05) is 61.2 Å². The molecule has 0 unspecified atom stereocenters. The summed E-state index contributed by atoms with van der Waals surface area (Å²) in [6, 6.07) is 19.4. The van der Waals surface area contributed by atoms with Crippen LogP contribution in [0.25, 0.3) is 11.3 Å². The lowest BCUT2D eigenvalue weighted by atomic mass is 9.68. The molecule has 2 aromatic carbocycles. The highest BCUT2D eigenvalue weighted by atomic mass is 35.5. The van der Waals surface area contributed by atoms with E-state index in [1.807, 2.05) is 36.4 Å². The van der Waals surface area contributed by atoms with Crippen molar-refractivity contribution in [2.24, 2.45) is 0 Å².